The van der Waals surface area contributed by atoms with Gasteiger partial charge in [0.1, 0.15) is 11.5 Å². The minimum Gasteiger partial charge on any atom is -0.496 e. The quantitative estimate of drug-likeness (QED) is 0.514. The van der Waals surface area contributed by atoms with Crippen LogP contribution in [0.2, 0.25) is 0 Å². The van der Waals surface area contributed by atoms with Crippen molar-refractivity contribution in [2.24, 2.45) is 0 Å². The van der Waals surface area contributed by atoms with Crippen LogP contribution in [0.15, 0.2) is 48.5 Å². The van der Waals surface area contributed by atoms with E-state index in [2.05, 4.69) is 0 Å². The maximum absolute atomic E-state index is 11.3. The third-order valence-electron chi connectivity index (χ3n) is 3.53. The summed E-state index contributed by atoms with van der Waals surface area (Å²) < 4.78 is 10.7. The third-order valence-corrected chi connectivity index (χ3v) is 3.53. The second-order valence-corrected chi connectivity index (χ2v) is 5.95. The Morgan fingerprint density at radius 2 is 1.62 bits per heavy atom. The van der Waals surface area contributed by atoms with Gasteiger partial charge < -0.3 is 14.6 Å². The van der Waals surface area contributed by atoms with Gasteiger partial charge in [0, 0.05) is 18.1 Å². The van der Waals surface area contributed by atoms with Crippen LogP contribution in [0.3, 0.4) is 0 Å². The second-order valence-electron chi connectivity index (χ2n) is 5.95. The SMILES string of the molecule is COc1ccccc1/C(=C/c1ccccc1OC(C)=O)C(C)(C)O. The standard InChI is InChI=1S/C20H22O4/c1-14(21)24-18-11-7-5-9-15(18)13-17(20(2,3)22)16-10-6-8-12-19(16)23-4/h5-13,22H,1-4H3/b17-13-. The van der Waals surface area contributed by atoms with Gasteiger partial charge in [-0.25, -0.2) is 0 Å². The van der Waals surface area contributed by atoms with Crippen molar-refractivity contribution in [3.63, 3.8) is 0 Å². The zero-order chi connectivity index (χ0) is 17.7. The molecule has 0 saturated heterocycles. The van der Waals surface area contributed by atoms with E-state index in [0.29, 0.717) is 22.6 Å². The van der Waals surface area contributed by atoms with Crippen LogP contribution in [0.4, 0.5) is 0 Å². The van der Waals surface area contributed by atoms with E-state index in [4.69, 9.17) is 9.47 Å². The number of para-hydroxylation sites is 2. The highest BCUT2D eigenvalue weighted by molar-refractivity contribution is 5.89. The van der Waals surface area contributed by atoms with Crippen LogP contribution in [-0.2, 0) is 4.79 Å². The van der Waals surface area contributed by atoms with Gasteiger partial charge in [0.2, 0.25) is 0 Å². The van der Waals surface area contributed by atoms with Gasteiger partial charge in [-0.15, -0.1) is 0 Å². The number of carbonyl (C=O) groups is 1. The Kier molecular flexibility index (Phi) is 5.42. The fourth-order valence-electron chi connectivity index (χ4n) is 2.45. The lowest BCUT2D eigenvalue weighted by molar-refractivity contribution is -0.131. The number of hydrogen-bond acceptors (Lipinski definition) is 4. The molecule has 0 atom stereocenters. The van der Waals surface area contributed by atoms with Gasteiger partial charge in [-0.2, -0.15) is 0 Å². The van der Waals surface area contributed by atoms with Crippen molar-refractivity contribution in [3.05, 3.63) is 59.7 Å². The minimum atomic E-state index is -1.11. The number of ether oxygens (including phenoxy) is 2. The summed E-state index contributed by atoms with van der Waals surface area (Å²) in [7, 11) is 1.59. The van der Waals surface area contributed by atoms with E-state index < -0.39 is 11.6 Å². The Balaban J connectivity index is 2.62. The molecule has 0 bridgehead atoms. The highest BCUT2D eigenvalue weighted by atomic mass is 16.5. The number of esters is 1. The van der Waals surface area contributed by atoms with Crippen molar-refractivity contribution in [1.82, 2.24) is 0 Å². The predicted molar refractivity (Wildman–Crippen MR) is 94.9 cm³/mol. The molecule has 4 nitrogen and oxygen atoms in total. The van der Waals surface area contributed by atoms with Gasteiger partial charge in [-0.3, -0.25) is 4.79 Å². The van der Waals surface area contributed by atoms with Crippen molar-refractivity contribution in [2.75, 3.05) is 7.11 Å². The van der Waals surface area contributed by atoms with Crippen LogP contribution in [0, 0.1) is 0 Å². The van der Waals surface area contributed by atoms with Gasteiger partial charge in [0.05, 0.1) is 12.7 Å². The summed E-state index contributed by atoms with van der Waals surface area (Å²) in [6.45, 7) is 4.77. The van der Waals surface area contributed by atoms with E-state index in [1.54, 1.807) is 33.1 Å². The molecule has 0 radical (unpaired) electrons. The van der Waals surface area contributed by atoms with Crippen molar-refractivity contribution >= 4 is 17.6 Å². The molecule has 2 rings (SSSR count). The van der Waals surface area contributed by atoms with Gasteiger partial charge in [-0.1, -0.05) is 36.4 Å². The molecule has 0 aromatic heterocycles. The lowest BCUT2D eigenvalue weighted by Crippen LogP contribution is -2.21. The molecule has 0 fully saturated rings. The van der Waals surface area contributed by atoms with Crippen molar-refractivity contribution in [2.45, 2.75) is 26.4 Å². The molecule has 2 aromatic carbocycles. The van der Waals surface area contributed by atoms with E-state index in [0.717, 1.165) is 5.56 Å². The first-order chi connectivity index (χ1) is 11.3. The van der Waals surface area contributed by atoms with E-state index in [9.17, 15) is 9.90 Å². The fraction of sp³-hybridized carbons (Fsp3) is 0.250. The highest BCUT2D eigenvalue weighted by Gasteiger charge is 2.24. The summed E-state index contributed by atoms with van der Waals surface area (Å²) in [5.41, 5.74) is 1.04. The van der Waals surface area contributed by atoms with Crippen LogP contribution in [-0.4, -0.2) is 23.8 Å². The fourth-order valence-corrected chi connectivity index (χ4v) is 2.45. The van der Waals surface area contributed by atoms with Crippen LogP contribution < -0.4 is 9.47 Å². The Hall–Kier alpha value is -2.59. The Morgan fingerprint density at radius 3 is 2.21 bits per heavy atom. The molecule has 24 heavy (non-hydrogen) atoms. The average Bonchev–Trinajstić information content (AvgIpc) is 2.52. The number of methoxy groups -OCH3 is 1. The van der Waals surface area contributed by atoms with Gasteiger partial charge in [0.15, 0.2) is 0 Å². The van der Waals surface area contributed by atoms with E-state index in [-0.39, 0.29) is 0 Å². The Bertz CT molecular complexity index is 754. The first-order valence-corrected chi connectivity index (χ1v) is 7.68. The smallest absolute Gasteiger partial charge is 0.308 e. The van der Waals surface area contributed by atoms with Gasteiger partial charge in [0.25, 0.3) is 0 Å². The first-order valence-electron chi connectivity index (χ1n) is 7.68. The molecular weight excluding hydrogens is 304 g/mol. The topological polar surface area (TPSA) is 55.8 Å². The largest absolute Gasteiger partial charge is 0.496 e. The van der Waals surface area contributed by atoms with Crippen LogP contribution in [0.25, 0.3) is 11.6 Å². The minimum absolute atomic E-state index is 0.391. The molecule has 0 heterocycles. The summed E-state index contributed by atoms with van der Waals surface area (Å²) in [5.74, 6) is 0.718. The lowest BCUT2D eigenvalue weighted by atomic mass is 9.89. The van der Waals surface area contributed by atoms with E-state index in [1.807, 2.05) is 42.5 Å². The number of benzene rings is 2. The van der Waals surface area contributed by atoms with Crippen LogP contribution in [0.1, 0.15) is 31.9 Å². The summed E-state index contributed by atoms with van der Waals surface area (Å²) in [4.78, 5) is 11.3. The molecule has 0 aliphatic carbocycles. The monoisotopic (exact) mass is 326 g/mol. The normalized spacial score (nSPS) is 12.0. The van der Waals surface area contributed by atoms with E-state index in [1.165, 1.54) is 6.92 Å². The summed E-state index contributed by atoms with van der Waals surface area (Å²) in [6, 6.07) is 14.7. The van der Waals surface area contributed by atoms with Gasteiger partial charge in [-0.05, 0) is 37.6 Å². The summed E-state index contributed by atoms with van der Waals surface area (Å²) >= 11 is 0. The Morgan fingerprint density at radius 1 is 1.04 bits per heavy atom. The average molecular weight is 326 g/mol. The van der Waals surface area contributed by atoms with Gasteiger partial charge >= 0.3 is 5.97 Å². The van der Waals surface area contributed by atoms with Crippen LogP contribution >= 0.6 is 0 Å². The number of rotatable bonds is 5. The molecule has 0 spiro atoms. The number of hydrogen-bond donors (Lipinski definition) is 1. The summed E-state index contributed by atoms with van der Waals surface area (Å²) in [6.07, 6.45) is 1.82. The first kappa shape index (κ1) is 17.8. The highest BCUT2D eigenvalue weighted by Crippen LogP contribution is 2.36. The molecule has 4 heteroatoms. The second kappa shape index (κ2) is 7.32. The molecule has 126 valence electrons. The van der Waals surface area contributed by atoms with Crippen molar-refractivity contribution < 1.29 is 19.4 Å². The molecule has 0 aliphatic heterocycles. The molecule has 0 saturated carbocycles. The van der Waals surface area contributed by atoms with Crippen molar-refractivity contribution in [3.8, 4) is 11.5 Å². The lowest BCUT2D eigenvalue weighted by Gasteiger charge is -2.24. The molecule has 0 amide bonds. The molecular formula is C20H22O4. The number of aliphatic hydroxyl groups is 1. The van der Waals surface area contributed by atoms with Crippen LogP contribution in [0.5, 0.6) is 11.5 Å². The zero-order valence-electron chi connectivity index (χ0n) is 14.4. The maximum Gasteiger partial charge on any atom is 0.308 e. The third kappa shape index (κ3) is 4.24. The zero-order valence-corrected chi connectivity index (χ0v) is 14.4. The predicted octanol–water partition coefficient (Wildman–Crippen LogP) is 3.93. The number of carbonyl (C=O) groups excluding carboxylic acids is 1. The molecule has 0 unspecified atom stereocenters. The van der Waals surface area contributed by atoms with E-state index >= 15 is 0 Å². The van der Waals surface area contributed by atoms with Crippen molar-refractivity contribution in [1.29, 1.82) is 0 Å². The Labute approximate surface area is 142 Å². The summed E-state index contributed by atoms with van der Waals surface area (Å²) in [5, 5.41) is 10.7. The molecule has 2 aromatic rings. The molecule has 1 N–H and O–H groups in total. The maximum atomic E-state index is 11.3. The molecule has 0 aliphatic rings.